The smallest absolute Gasteiger partial charge is 0.178 e. The third kappa shape index (κ3) is 7.08. The normalized spacial score (nSPS) is 19.0. The van der Waals surface area contributed by atoms with Crippen molar-refractivity contribution in [1.29, 1.82) is 0 Å². The van der Waals surface area contributed by atoms with Gasteiger partial charge in [0.2, 0.25) is 0 Å². The molecule has 0 spiro atoms. The van der Waals surface area contributed by atoms with Crippen LogP contribution in [0.5, 0.6) is 11.5 Å². The Kier molecular flexibility index (Phi) is 9.06. The lowest BCUT2D eigenvalue weighted by Crippen LogP contribution is -2.21. The van der Waals surface area contributed by atoms with Crippen LogP contribution in [0.3, 0.4) is 0 Å². The minimum atomic E-state index is 0.444. The number of hydrogen-bond donors (Lipinski definition) is 0. The van der Waals surface area contributed by atoms with Crippen molar-refractivity contribution in [3.8, 4) is 11.5 Å². The highest BCUT2D eigenvalue weighted by Gasteiger charge is 2.22. The first kappa shape index (κ1) is 22.2. The summed E-state index contributed by atoms with van der Waals surface area (Å²) in [4.78, 5) is 20.1. The molecule has 30 heavy (non-hydrogen) atoms. The van der Waals surface area contributed by atoms with Gasteiger partial charge in [-0.25, -0.2) is 0 Å². The van der Waals surface area contributed by atoms with Crippen LogP contribution in [0.1, 0.15) is 62.5 Å². The Balaban J connectivity index is 1.39. The highest BCUT2D eigenvalue weighted by Crippen LogP contribution is 2.34. The SMILES string of the molecule is CCCCOC1CCC(c2ccc(OO/C=C/c3ccc(OOC)cc3)cc2)CC1. The van der Waals surface area contributed by atoms with Crippen molar-refractivity contribution in [2.24, 2.45) is 0 Å². The van der Waals surface area contributed by atoms with Gasteiger partial charge in [-0.3, -0.25) is 9.78 Å². The fourth-order valence-electron chi connectivity index (χ4n) is 3.67. The summed E-state index contributed by atoms with van der Waals surface area (Å²) in [6.07, 6.45) is 10.8. The van der Waals surface area contributed by atoms with Crippen molar-refractivity contribution in [2.45, 2.75) is 57.5 Å². The molecule has 0 amide bonds. The Morgan fingerprint density at radius 1 is 0.867 bits per heavy atom. The van der Waals surface area contributed by atoms with E-state index < -0.39 is 0 Å². The highest BCUT2D eigenvalue weighted by molar-refractivity contribution is 5.49. The molecule has 0 N–H and O–H groups in total. The van der Waals surface area contributed by atoms with E-state index in [2.05, 4.69) is 23.9 Å². The average molecular weight is 413 g/mol. The Morgan fingerprint density at radius 3 is 2.20 bits per heavy atom. The van der Waals surface area contributed by atoms with E-state index in [0.29, 0.717) is 23.5 Å². The number of rotatable bonds is 11. The van der Waals surface area contributed by atoms with Crippen LogP contribution >= 0.6 is 0 Å². The minimum Gasteiger partial charge on any atom is -0.378 e. The summed E-state index contributed by atoms with van der Waals surface area (Å²) in [5, 5.41) is 0. The Morgan fingerprint density at radius 2 is 1.53 bits per heavy atom. The third-order valence-corrected chi connectivity index (χ3v) is 5.40. The van der Waals surface area contributed by atoms with Gasteiger partial charge in [-0.1, -0.05) is 37.6 Å². The number of benzene rings is 2. The topological polar surface area (TPSA) is 46.2 Å². The van der Waals surface area contributed by atoms with E-state index in [1.54, 1.807) is 0 Å². The summed E-state index contributed by atoms with van der Waals surface area (Å²) >= 11 is 0. The maximum Gasteiger partial charge on any atom is 0.178 e. The van der Waals surface area contributed by atoms with Crippen molar-refractivity contribution < 1.29 is 24.3 Å². The lowest BCUT2D eigenvalue weighted by atomic mass is 9.83. The van der Waals surface area contributed by atoms with E-state index in [1.807, 2.05) is 42.5 Å². The first-order valence-corrected chi connectivity index (χ1v) is 10.8. The van der Waals surface area contributed by atoms with Crippen LogP contribution in [-0.4, -0.2) is 19.8 Å². The minimum absolute atomic E-state index is 0.444. The molecule has 0 bridgehead atoms. The lowest BCUT2D eigenvalue weighted by Gasteiger charge is -2.29. The van der Waals surface area contributed by atoms with Gasteiger partial charge >= 0.3 is 0 Å². The van der Waals surface area contributed by atoms with Gasteiger partial charge in [-0.15, -0.1) is 0 Å². The van der Waals surface area contributed by atoms with E-state index in [-0.39, 0.29) is 0 Å². The average Bonchev–Trinajstić information content (AvgIpc) is 2.79. The zero-order chi connectivity index (χ0) is 21.0. The highest BCUT2D eigenvalue weighted by atomic mass is 17.2. The molecule has 3 rings (SSSR count). The molecule has 162 valence electrons. The van der Waals surface area contributed by atoms with Gasteiger partial charge in [0, 0.05) is 6.61 Å². The van der Waals surface area contributed by atoms with E-state index in [9.17, 15) is 0 Å². The zero-order valence-electron chi connectivity index (χ0n) is 17.9. The number of hydrogen-bond acceptors (Lipinski definition) is 5. The Bertz CT molecular complexity index is 746. The molecule has 1 saturated carbocycles. The molecule has 0 aromatic heterocycles. The van der Waals surface area contributed by atoms with Crippen LogP contribution in [0.15, 0.2) is 54.8 Å². The summed E-state index contributed by atoms with van der Waals surface area (Å²) in [7, 11) is 1.47. The van der Waals surface area contributed by atoms with Crippen LogP contribution in [0.4, 0.5) is 0 Å². The van der Waals surface area contributed by atoms with Gasteiger partial charge in [-0.05, 0) is 79.5 Å². The molecule has 0 saturated heterocycles. The second-order valence-electron chi connectivity index (χ2n) is 7.57. The van der Waals surface area contributed by atoms with Gasteiger partial charge < -0.3 is 9.62 Å². The van der Waals surface area contributed by atoms with Gasteiger partial charge in [0.25, 0.3) is 0 Å². The largest absolute Gasteiger partial charge is 0.378 e. The van der Waals surface area contributed by atoms with Crippen molar-refractivity contribution >= 4 is 6.08 Å². The molecular weight excluding hydrogens is 380 g/mol. The molecule has 0 radical (unpaired) electrons. The molecule has 5 nitrogen and oxygen atoms in total. The number of unbranched alkanes of at least 4 members (excludes halogenated alkanes) is 1. The quantitative estimate of drug-likeness (QED) is 0.184. The van der Waals surface area contributed by atoms with E-state index in [1.165, 1.54) is 38.2 Å². The van der Waals surface area contributed by atoms with Crippen molar-refractivity contribution in [2.75, 3.05) is 13.7 Å². The molecule has 0 atom stereocenters. The van der Waals surface area contributed by atoms with Crippen LogP contribution in [0.25, 0.3) is 6.08 Å². The fourth-order valence-corrected chi connectivity index (χ4v) is 3.67. The van der Waals surface area contributed by atoms with Crippen LogP contribution < -0.4 is 9.78 Å². The van der Waals surface area contributed by atoms with Crippen LogP contribution in [0.2, 0.25) is 0 Å². The second-order valence-corrected chi connectivity index (χ2v) is 7.57. The zero-order valence-corrected chi connectivity index (χ0v) is 17.9. The lowest BCUT2D eigenvalue weighted by molar-refractivity contribution is -0.178. The van der Waals surface area contributed by atoms with Crippen molar-refractivity contribution in [1.82, 2.24) is 0 Å². The first-order chi connectivity index (χ1) is 14.8. The fraction of sp³-hybridized carbons (Fsp3) is 0.440. The molecule has 2 aromatic rings. The van der Waals surface area contributed by atoms with Gasteiger partial charge in [0.05, 0.1) is 13.2 Å². The summed E-state index contributed by atoms with van der Waals surface area (Å²) in [6, 6.07) is 15.6. The predicted molar refractivity (Wildman–Crippen MR) is 117 cm³/mol. The molecule has 1 fully saturated rings. The monoisotopic (exact) mass is 412 g/mol. The molecule has 1 aliphatic rings. The molecule has 5 heteroatoms. The molecule has 0 unspecified atom stereocenters. The van der Waals surface area contributed by atoms with E-state index in [0.717, 1.165) is 31.4 Å². The summed E-state index contributed by atoms with van der Waals surface area (Å²) in [6.45, 7) is 3.10. The van der Waals surface area contributed by atoms with Gasteiger partial charge in [-0.2, -0.15) is 4.89 Å². The van der Waals surface area contributed by atoms with Gasteiger partial charge in [0.1, 0.15) is 6.26 Å². The maximum atomic E-state index is 5.98. The molecule has 2 aromatic carbocycles. The third-order valence-electron chi connectivity index (χ3n) is 5.40. The summed E-state index contributed by atoms with van der Waals surface area (Å²) < 4.78 is 5.98. The van der Waals surface area contributed by atoms with Crippen LogP contribution in [-0.2, 0) is 14.5 Å². The van der Waals surface area contributed by atoms with E-state index >= 15 is 0 Å². The standard InChI is InChI=1S/C25H32O5/c1-3-4-18-27-23-13-7-21(8-14-23)22-9-15-25(16-10-22)30-28-19-17-20-5-11-24(12-6-20)29-26-2/h5-6,9-12,15-17,19,21,23H,3-4,7-8,13-14,18H2,1-2H3/b19-17+. The van der Waals surface area contributed by atoms with Gasteiger partial charge in [0.15, 0.2) is 11.5 Å². The molecular formula is C25H32O5. The van der Waals surface area contributed by atoms with Crippen LogP contribution in [0, 0.1) is 0 Å². The second kappa shape index (κ2) is 12.3. The Hall–Kier alpha value is -2.50. The predicted octanol–water partition coefficient (Wildman–Crippen LogP) is 6.45. The van der Waals surface area contributed by atoms with Crippen molar-refractivity contribution in [3.05, 3.63) is 65.9 Å². The van der Waals surface area contributed by atoms with E-state index in [4.69, 9.17) is 19.4 Å². The first-order valence-electron chi connectivity index (χ1n) is 10.8. The summed E-state index contributed by atoms with van der Waals surface area (Å²) in [5.41, 5.74) is 2.33. The Labute approximate surface area is 179 Å². The summed E-state index contributed by atoms with van der Waals surface area (Å²) in [5.74, 6) is 1.93. The molecule has 0 heterocycles. The maximum absolute atomic E-state index is 5.98. The number of ether oxygens (including phenoxy) is 1. The van der Waals surface area contributed by atoms with Crippen molar-refractivity contribution in [3.63, 3.8) is 0 Å². The molecule has 1 aliphatic carbocycles. The molecule has 0 aliphatic heterocycles.